The third-order valence-electron chi connectivity index (χ3n) is 5.32. The molecule has 0 amide bonds. The summed E-state index contributed by atoms with van der Waals surface area (Å²) in [7, 11) is 1.71. The molecular weight excluding hydrogens is 320 g/mol. The van der Waals surface area contributed by atoms with Gasteiger partial charge in [-0.2, -0.15) is 0 Å². The third kappa shape index (κ3) is 3.29. The standard InChI is InChI=1S/C24H25O2/c1-3-17-15-24(26-21-10-6-7-11-21)23(25-2)16-22(17)20-13-12-18-8-4-5-9-19(18)14-20/h4-5,8-9,12-16,21H,1,3,6-7,10-11H2,2H3. The van der Waals surface area contributed by atoms with Crippen LogP contribution in [0.5, 0.6) is 11.5 Å². The van der Waals surface area contributed by atoms with E-state index in [-0.39, 0.29) is 0 Å². The lowest BCUT2D eigenvalue weighted by Crippen LogP contribution is -2.12. The molecule has 3 aromatic rings. The van der Waals surface area contributed by atoms with Crippen LogP contribution >= 0.6 is 0 Å². The quantitative estimate of drug-likeness (QED) is 0.547. The first kappa shape index (κ1) is 17.0. The zero-order valence-electron chi connectivity index (χ0n) is 15.3. The van der Waals surface area contributed by atoms with Crippen molar-refractivity contribution < 1.29 is 9.47 Å². The number of fused-ring (bicyclic) bond motifs is 1. The summed E-state index contributed by atoms with van der Waals surface area (Å²) >= 11 is 0. The fourth-order valence-corrected chi connectivity index (χ4v) is 3.87. The van der Waals surface area contributed by atoms with Crippen LogP contribution in [0, 0.1) is 6.92 Å². The van der Waals surface area contributed by atoms with Gasteiger partial charge in [0.15, 0.2) is 11.5 Å². The third-order valence-corrected chi connectivity index (χ3v) is 5.32. The Balaban J connectivity index is 1.76. The first-order valence-electron chi connectivity index (χ1n) is 9.44. The zero-order valence-corrected chi connectivity index (χ0v) is 15.3. The fourth-order valence-electron chi connectivity index (χ4n) is 3.87. The second-order valence-electron chi connectivity index (χ2n) is 7.00. The second kappa shape index (κ2) is 7.41. The van der Waals surface area contributed by atoms with Crippen LogP contribution in [-0.4, -0.2) is 13.2 Å². The van der Waals surface area contributed by atoms with Crippen molar-refractivity contribution in [1.82, 2.24) is 0 Å². The summed E-state index contributed by atoms with van der Waals surface area (Å²) in [6, 6.07) is 19.2. The van der Waals surface area contributed by atoms with Gasteiger partial charge in [0, 0.05) is 0 Å². The monoisotopic (exact) mass is 345 g/mol. The molecule has 1 radical (unpaired) electrons. The highest BCUT2D eigenvalue weighted by molar-refractivity contribution is 5.88. The lowest BCUT2D eigenvalue weighted by Gasteiger charge is -2.19. The lowest BCUT2D eigenvalue weighted by molar-refractivity contribution is 0.200. The molecule has 2 heteroatoms. The van der Waals surface area contributed by atoms with E-state index in [0.29, 0.717) is 12.5 Å². The largest absolute Gasteiger partial charge is 0.493 e. The van der Waals surface area contributed by atoms with E-state index in [1.807, 2.05) is 0 Å². The van der Waals surface area contributed by atoms with Gasteiger partial charge in [-0.25, -0.2) is 0 Å². The molecule has 0 bridgehead atoms. The zero-order chi connectivity index (χ0) is 17.9. The highest BCUT2D eigenvalue weighted by atomic mass is 16.5. The summed E-state index contributed by atoms with van der Waals surface area (Å²) in [5.41, 5.74) is 3.54. The van der Waals surface area contributed by atoms with E-state index in [2.05, 4.69) is 61.5 Å². The Hall–Kier alpha value is -2.48. The maximum Gasteiger partial charge on any atom is 0.161 e. The minimum absolute atomic E-state index is 0.313. The maximum absolute atomic E-state index is 6.25. The average molecular weight is 345 g/mol. The first-order valence-corrected chi connectivity index (χ1v) is 9.44. The van der Waals surface area contributed by atoms with E-state index in [0.717, 1.165) is 24.3 Å². The lowest BCUT2D eigenvalue weighted by atomic mass is 9.95. The van der Waals surface area contributed by atoms with Crippen molar-refractivity contribution in [2.75, 3.05) is 7.11 Å². The topological polar surface area (TPSA) is 18.5 Å². The highest BCUT2D eigenvalue weighted by Crippen LogP contribution is 2.38. The summed E-state index contributed by atoms with van der Waals surface area (Å²) in [5, 5.41) is 2.49. The van der Waals surface area contributed by atoms with Crippen molar-refractivity contribution in [2.45, 2.75) is 38.2 Å². The van der Waals surface area contributed by atoms with Crippen LogP contribution in [0.25, 0.3) is 21.9 Å². The Morgan fingerprint density at radius 2 is 1.69 bits per heavy atom. The van der Waals surface area contributed by atoms with Crippen molar-refractivity contribution in [2.24, 2.45) is 0 Å². The van der Waals surface area contributed by atoms with Gasteiger partial charge in [0.2, 0.25) is 0 Å². The molecular formula is C24H25O2. The van der Waals surface area contributed by atoms with Crippen molar-refractivity contribution in [3.63, 3.8) is 0 Å². The van der Waals surface area contributed by atoms with Gasteiger partial charge in [-0.05, 0) is 84.7 Å². The smallest absolute Gasteiger partial charge is 0.161 e. The van der Waals surface area contributed by atoms with Crippen LogP contribution in [0.3, 0.4) is 0 Å². The summed E-state index contributed by atoms with van der Waals surface area (Å²) in [4.78, 5) is 0. The SMILES string of the molecule is [CH2]Cc1cc(OC2CCCC2)c(OC)cc1-c1ccc2ccccc2c1. The van der Waals surface area contributed by atoms with Crippen LogP contribution in [0.4, 0.5) is 0 Å². The van der Waals surface area contributed by atoms with Crippen LogP contribution in [0.2, 0.25) is 0 Å². The molecule has 1 saturated carbocycles. The van der Waals surface area contributed by atoms with Crippen LogP contribution in [-0.2, 0) is 6.42 Å². The summed E-state index contributed by atoms with van der Waals surface area (Å²) in [6.07, 6.45) is 5.81. The predicted octanol–water partition coefficient (Wildman–Crippen LogP) is 6.21. The Morgan fingerprint density at radius 1 is 0.923 bits per heavy atom. The number of hydrogen-bond acceptors (Lipinski definition) is 2. The number of methoxy groups -OCH3 is 1. The molecule has 0 saturated heterocycles. The normalized spacial score (nSPS) is 14.7. The van der Waals surface area contributed by atoms with Gasteiger partial charge in [-0.3, -0.25) is 0 Å². The van der Waals surface area contributed by atoms with Gasteiger partial charge in [-0.1, -0.05) is 36.4 Å². The van der Waals surface area contributed by atoms with Crippen LogP contribution in [0.15, 0.2) is 54.6 Å². The molecule has 0 heterocycles. The summed E-state index contributed by atoms with van der Waals surface area (Å²) < 4.78 is 11.9. The molecule has 0 aliphatic heterocycles. The number of rotatable bonds is 5. The van der Waals surface area contributed by atoms with Gasteiger partial charge in [0.05, 0.1) is 13.2 Å². The predicted molar refractivity (Wildman–Crippen MR) is 108 cm³/mol. The van der Waals surface area contributed by atoms with Crippen molar-refractivity contribution in [1.29, 1.82) is 0 Å². The van der Waals surface area contributed by atoms with E-state index in [9.17, 15) is 0 Å². The van der Waals surface area contributed by atoms with Gasteiger partial charge >= 0.3 is 0 Å². The molecule has 0 atom stereocenters. The summed E-state index contributed by atoms with van der Waals surface area (Å²) in [5.74, 6) is 1.65. The molecule has 3 aromatic carbocycles. The van der Waals surface area contributed by atoms with E-state index < -0.39 is 0 Å². The molecule has 0 spiro atoms. The molecule has 133 valence electrons. The maximum atomic E-state index is 6.25. The summed E-state index contributed by atoms with van der Waals surface area (Å²) in [6.45, 7) is 4.14. The van der Waals surface area contributed by atoms with E-state index in [1.165, 1.54) is 40.3 Å². The Kier molecular flexibility index (Phi) is 4.83. The molecule has 26 heavy (non-hydrogen) atoms. The highest BCUT2D eigenvalue weighted by Gasteiger charge is 2.20. The molecule has 2 nitrogen and oxygen atoms in total. The van der Waals surface area contributed by atoms with Gasteiger partial charge in [0.25, 0.3) is 0 Å². The van der Waals surface area contributed by atoms with E-state index in [1.54, 1.807) is 7.11 Å². The van der Waals surface area contributed by atoms with E-state index in [4.69, 9.17) is 9.47 Å². The fraction of sp³-hybridized carbons (Fsp3) is 0.292. The Labute approximate surface area is 155 Å². The molecule has 1 aliphatic rings. The molecule has 0 unspecified atom stereocenters. The van der Waals surface area contributed by atoms with Crippen molar-refractivity contribution in [3.05, 3.63) is 67.1 Å². The Bertz CT molecular complexity index is 907. The average Bonchev–Trinajstić information content (AvgIpc) is 3.20. The molecule has 0 aromatic heterocycles. The molecule has 1 fully saturated rings. The van der Waals surface area contributed by atoms with E-state index >= 15 is 0 Å². The minimum Gasteiger partial charge on any atom is -0.493 e. The van der Waals surface area contributed by atoms with Gasteiger partial charge in [-0.15, -0.1) is 0 Å². The van der Waals surface area contributed by atoms with Crippen LogP contribution < -0.4 is 9.47 Å². The number of ether oxygens (including phenoxy) is 2. The number of benzene rings is 3. The van der Waals surface area contributed by atoms with Gasteiger partial charge < -0.3 is 9.47 Å². The van der Waals surface area contributed by atoms with Gasteiger partial charge in [0.1, 0.15) is 0 Å². The molecule has 4 rings (SSSR count). The van der Waals surface area contributed by atoms with Crippen molar-refractivity contribution >= 4 is 10.8 Å². The minimum atomic E-state index is 0.313. The molecule has 1 aliphatic carbocycles. The first-order chi connectivity index (χ1) is 12.8. The van der Waals surface area contributed by atoms with Crippen LogP contribution in [0.1, 0.15) is 31.2 Å². The van der Waals surface area contributed by atoms with Crippen molar-refractivity contribution in [3.8, 4) is 22.6 Å². The number of hydrogen-bond donors (Lipinski definition) is 0. The Morgan fingerprint density at radius 3 is 2.42 bits per heavy atom. The molecule has 0 N–H and O–H groups in total. The second-order valence-corrected chi connectivity index (χ2v) is 7.00.